The van der Waals surface area contributed by atoms with E-state index in [1.807, 2.05) is 0 Å². The fourth-order valence-corrected chi connectivity index (χ4v) is 3.25. The number of nitrogens with one attached hydrogen (secondary N) is 2. The predicted octanol–water partition coefficient (Wildman–Crippen LogP) is 3.99. The molecule has 0 atom stereocenters. The minimum atomic E-state index is 0.319. The Hall–Kier alpha value is -2.10. The molecule has 1 aromatic rings. The lowest BCUT2D eigenvalue weighted by atomic mass is 9.92. The lowest BCUT2D eigenvalue weighted by Crippen LogP contribution is -2.19. The van der Waals surface area contributed by atoms with E-state index in [1.54, 1.807) is 0 Å². The molecule has 1 aliphatic carbocycles. The molecule has 0 spiro atoms. The van der Waals surface area contributed by atoms with Gasteiger partial charge in [-0.05, 0) is 49.8 Å². The second-order valence-electron chi connectivity index (χ2n) is 6.26. The summed E-state index contributed by atoms with van der Waals surface area (Å²) in [6, 6.07) is 8.39. The topological polar surface area (TPSA) is 53.5 Å². The van der Waals surface area contributed by atoms with Gasteiger partial charge in [0.05, 0.1) is 5.71 Å². The van der Waals surface area contributed by atoms with Gasteiger partial charge in [0.15, 0.2) is 5.78 Å². The highest BCUT2D eigenvalue weighted by Gasteiger charge is 2.19. The standard InChI is InChI=1S/C19H25N3O/c1-2-5-16-18(6-3-8-19(16)23)21-15-11-9-14(10-12-15)17-7-4-13-20-22-17/h9-12,20-21H,2-8,13H2,1H3. The van der Waals surface area contributed by atoms with Crippen LogP contribution in [0.3, 0.4) is 0 Å². The highest BCUT2D eigenvalue weighted by molar-refractivity contribution is 6.01. The number of rotatable bonds is 5. The van der Waals surface area contributed by atoms with Gasteiger partial charge in [-0.2, -0.15) is 5.10 Å². The number of hydrogen-bond donors (Lipinski definition) is 2. The normalized spacial score (nSPS) is 18.5. The first-order chi connectivity index (χ1) is 11.3. The predicted molar refractivity (Wildman–Crippen MR) is 94.6 cm³/mol. The second kappa shape index (κ2) is 7.44. The Labute approximate surface area is 138 Å². The zero-order valence-corrected chi connectivity index (χ0v) is 13.8. The van der Waals surface area contributed by atoms with Crippen LogP contribution in [0.5, 0.6) is 0 Å². The Morgan fingerprint density at radius 1 is 1.13 bits per heavy atom. The molecule has 0 saturated carbocycles. The Morgan fingerprint density at radius 2 is 1.96 bits per heavy atom. The zero-order valence-electron chi connectivity index (χ0n) is 13.8. The molecule has 122 valence electrons. The van der Waals surface area contributed by atoms with Crippen LogP contribution in [-0.2, 0) is 4.79 Å². The average Bonchev–Trinajstić information content (AvgIpc) is 2.59. The molecular weight excluding hydrogens is 286 g/mol. The minimum absolute atomic E-state index is 0.319. The van der Waals surface area contributed by atoms with Crippen molar-refractivity contribution in [3.63, 3.8) is 0 Å². The highest BCUT2D eigenvalue weighted by atomic mass is 16.1. The maximum Gasteiger partial charge on any atom is 0.160 e. The lowest BCUT2D eigenvalue weighted by Gasteiger charge is -2.21. The summed E-state index contributed by atoms with van der Waals surface area (Å²) in [7, 11) is 0. The number of allylic oxidation sites excluding steroid dienone is 2. The monoisotopic (exact) mass is 311 g/mol. The lowest BCUT2D eigenvalue weighted by molar-refractivity contribution is -0.116. The molecule has 23 heavy (non-hydrogen) atoms. The van der Waals surface area contributed by atoms with Crippen LogP contribution in [0.2, 0.25) is 0 Å². The largest absolute Gasteiger partial charge is 0.359 e. The van der Waals surface area contributed by atoms with E-state index in [2.05, 4.69) is 47.0 Å². The van der Waals surface area contributed by atoms with Gasteiger partial charge in [-0.25, -0.2) is 0 Å². The van der Waals surface area contributed by atoms with Gasteiger partial charge in [-0.1, -0.05) is 25.5 Å². The maximum atomic E-state index is 12.1. The van der Waals surface area contributed by atoms with E-state index < -0.39 is 0 Å². The molecule has 0 unspecified atom stereocenters. The Balaban J connectivity index is 1.75. The van der Waals surface area contributed by atoms with E-state index in [1.165, 1.54) is 5.56 Å². The third-order valence-electron chi connectivity index (χ3n) is 4.46. The minimum Gasteiger partial charge on any atom is -0.359 e. The number of ketones is 1. The molecule has 2 N–H and O–H groups in total. The molecule has 1 heterocycles. The van der Waals surface area contributed by atoms with Crippen LogP contribution in [0.1, 0.15) is 57.4 Å². The Morgan fingerprint density at radius 3 is 2.65 bits per heavy atom. The molecule has 0 bridgehead atoms. The molecule has 0 radical (unpaired) electrons. The van der Waals surface area contributed by atoms with E-state index in [0.717, 1.165) is 67.7 Å². The summed E-state index contributed by atoms with van der Waals surface area (Å²) in [6.07, 6.45) is 6.68. The number of benzene rings is 1. The van der Waals surface area contributed by atoms with Crippen LogP contribution in [0.25, 0.3) is 0 Å². The number of carbonyl (C=O) groups excluding carboxylic acids is 1. The summed E-state index contributed by atoms with van der Waals surface area (Å²) in [5.74, 6) is 0.319. The van der Waals surface area contributed by atoms with Crippen LogP contribution in [0, 0.1) is 0 Å². The maximum absolute atomic E-state index is 12.1. The van der Waals surface area contributed by atoms with Gasteiger partial charge in [-0.15, -0.1) is 0 Å². The van der Waals surface area contributed by atoms with Crippen molar-refractivity contribution in [1.82, 2.24) is 5.43 Å². The van der Waals surface area contributed by atoms with Crippen LogP contribution in [0.15, 0.2) is 40.6 Å². The molecule has 0 fully saturated rings. The van der Waals surface area contributed by atoms with E-state index in [-0.39, 0.29) is 0 Å². The van der Waals surface area contributed by atoms with Crippen LogP contribution >= 0.6 is 0 Å². The van der Waals surface area contributed by atoms with E-state index in [4.69, 9.17) is 0 Å². The molecule has 0 amide bonds. The zero-order chi connectivity index (χ0) is 16.1. The van der Waals surface area contributed by atoms with Crippen molar-refractivity contribution in [3.8, 4) is 0 Å². The van der Waals surface area contributed by atoms with Crippen LogP contribution < -0.4 is 10.7 Å². The molecule has 4 nitrogen and oxygen atoms in total. The summed E-state index contributed by atoms with van der Waals surface area (Å²) >= 11 is 0. The summed E-state index contributed by atoms with van der Waals surface area (Å²) in [5.41, 5.74) is 8.54. The van der Waals surface area contributed by atoms with Crippen molar-refractivity contribution in [3.05, 3.63) is 41.1 Å². The Kier molecular flexibility index (Phi) is 5.11. The number of carbonyl (C=O) groups is 1. The van der Waals surface area contributed by atoms with Gasteiger partial charge in [0.25, 0.3) is 0 Å². The van der Waals surface area contributed by atoms with Crippen molar-refractivity contribution in [2.24, 2.45) is 5.10 Å². The average molecular weight is 311 g/mol. The van der Waals surface area contributed by atoms with Gasteiger partial charge in [0.2, 0.25) is 0 Å². The molecule has 4 heteroatoms. The molecular formula is C19H25N3O. The second-order valence-corrected chi connectivity index (χ2v) is 6.26. The summed E-state index contributed by atoms with van der Waals surface area (Å²) in [6.45, 7) is 3.09. The van der Waals surface area contributed by atoms with Gasteiger partial charge in [0.1, 0.15) is 0 Å². The first-order valence-corrected chi connectivity index (χ1v) is 8.70. The summed E-state index contributed by atoms with van der Waals surface area (Å²) in [5, 5.41) is 7.86. The smallest absolute Gasteiger partial charge is 0.160 e. The molecule has 1 aromatic carbocycles. The molecule has 0 saturated heterocycles. The van der Waals surface area contributed by atoms with Gasteiger partial charge in [-0.3, -0.25) is 4.79 Å². The summed E-state index contributed by atoms with van der Waals surface area (Å²) < 4.78 is 0. The fraction of sp³-hybridized carbons (Fsp3) is 0.474. The third kappa shape index (κ3) is 3.81. The van der Waals surface area contributed by atoms with Crippen molar-refractivity contribution in [2.45, 2.75) is 51.9 Å². The first-order valence-electron chi connectivity index (χ1n) is 8.70. The van der Waals surface area contributed by atoms with Gasteiger partial charge < -0.3 is 10.7 Å². The molecule has 0 aromatic heterocycles. The quantitative estimate of drug-likeness (QED) is 0.864. The van der Waals surface area contributed by atoms with Crippen molar-refractivity contribution >= 4 is 17.2 Å². The molecule has 2 aliphatic rings. The van der Waals surface area contributed by atoms with Gasteiger partial charge in [0, 0.05) is 29.9 Å². The number of nitrogens with zero attached hydrogens (tertiary/aromatic N) is 1. The summed E-state index contributed by atoms with van der Waals surface area (Å²) in [4.78, 5) is 12.1. The van der Waals surface area contributed by atoms with Crippen LogP contribution in [-0.4, -0.2) is 18.0 Å². The van der Waals surface area contributed by atoms with E-state index >= 15 is 0 Å². The van der Waals surface area contributed by atoms with Crippen molar-refractivity contribution in [1.29, 1.82) is 0 Å². The third-order valence-corrected chi connectivity index (χ3v) is 4.46. The number of hydrogen-bond acceptors (Lipinski definition) is 4. The number of anilines is 1. The molecule has 1 aliphatic heterocycles. The van der Waals surface area contributed by atoms with Crippen molar-refractivity contribution < 1.29 is 4.79 Å². The van der Waals surface area contributed by atoms with Crippen molar-refractivity contribution in [2.75, 3.05) is 11.9 Å². The number of Topliss-reactive ketones (excluding diaryl/α,β-unsaturated/α-hetero) is 1. The van der Waals surface area contributed by atoms with E-state index in [9.17, 15) is 4.79 Å². The molecule has 3 rings (SSSR count). The first kappa shape index (κ1) is 15.8. The van der Waals surface area contributed by atoms with E-state index in [0.29, 0.717) is 12.2 Å². The fourth-order valence-electron chi connectivity index (χ4n) is 3.25. The van der Waals surface area contributed by atoms with Gasteiger partial charge >= 0.3 is 0 Å². The Bertz CT molecular complexity index is 629. The highest BCUT2D eigenvalue weighted by Crippen LogP contribution is 2.27. The number of hydrazone groups is 1. The van der Waals surface area contributed by atoms with Crippen LogP contribution in [0.4, 0.5) is 5.69 Å². The SMILES string of the molecule is CCCC1=C(Nc2ccc(C3=NNCCC3)cc2)CCCC1=O.